The Balaban J connectivity index is 1.78. The van der Waals surface area contributed by atoms with Gasteiger partial charge in [-0.25, -0.2) is 0 Å². The largest absolute Gasteiger partial charge is 0.481 e. The smallest absolute Gasteiger partial charge is 0.309 e. The highest BCUT2D eigenvalue weighted by molar-refractivity contribution is 5.88. The molecule has 7 atom stereocenters. The minimum absolute atomic E-state index is 0.0609. The Labute approximate surface area is 148 Å². The highest BCUT2D eigenvalue weighted by Gasteiger charge is 2.70. The number of aliphatic hydroxyl groups excluding tert-OH is 2. The second-order valence-electron chi connectivity index (χ2n) is 9.90. The van der Waals surface area contributed by atoms with Crippen LogP contribution in [0.3, 0.4) is 0 Å². The Bertz CT molecular complexity index is 632. The molecule has 0 aromatic heterocycles. The summed E-state index contributed by atoms with van der Waals surface area (Å²) in [4.78, 5) is 24.8. The average Bonchev–Trinajstić information content (AvgIpc) is 2.77. The summed E-state index contributed by atoms with van der Waals surface area (Å²) in [7, 11) is 0. The van der Waals surface area contributed by atoms with Crippen LogP contribution in [0.2, 0.25) is 0 Å². The van der Waals surface area contributed by atoms with Crippen LogP contribution in [0.4, 0.5) is 0 Å². The van der Waals surface area contributed by atoms with Crippen LogP contribution in [-0.2, 0) is 9.59 Å². The van der Waals surface area contributed by atoms with E-state index in [0.717, 1.165) is 25.7 Å². The standard InChI is InChI=1S/C20H30O5/c1-17(16(24)25)6-5-14(22)18(2)12(17)3-7-19-9-15(23)20(10-19,11-21)8-4-13(18)19/h12-14,21-22H,3-11H2,1-2H3,(H,24,25)/t12?,13?,14-,17+,18+,19-,20-/m0/s1. The van der Waals surface area contributed by atoms with E-state index < -0.39 is 28.3 Å². The van der Waals surface area contributed by atoms with Crippen molar-refractivity contribution in [1.29, 1.82) is 0 Å². The number of fused-ring (bicyclic) bond motifs is 3. The second kappa shape index (κ2) is 5.07. The van der Waals surface area contributed by atoms with Gasteiger partial charge in [0.25, 0.3) is 0 Å². The van der Waals surface area contributed by atoms with Gasteiger partial charge in [-0.3, -0.25) is 9.59 Å². The average molecular weight is 350 g/mol. The summed E-state index contributed by atoms with van der Waals surface area (Å²) in [5.74, 6) is -0.464. The fourth-order valence-corrected chi connectivity index (χ4v) is 7.72. The molecule has 140 valence electrons. The van der Waals surface area contributed by atoms with Crippen LogP contribution in [0.5, 0.6) is 0 Å². The van der Waals surface area contributed by atoms with Gasteiger partial charge in [0.15, 0.2) is 0 Å². The van der Waals surface area contributed by atoms with Gasteiger partial charge in [-0.1, -0.05) is 6.92 Å². The number of Topliss-reactive ketones (excluding diaryl/α,β-unsaturated/α-hetero) is 1. The molecule has 0 aromatic rings. The maximum atomic E-state index is 12.7. The summed E-state index contributed by atoms with van der Waals surface area (Å²) in [6, 6.07) is 0. The number of ketones is 1. The van der Waals surface area contributed by atoms with Gasteiger partial charge < -0.3 is 15.3 Å². The predicted octanol–water partition coefficient (Wildman–Crippen LogP) is 2.39. The van der Waals surface area contributed by atoms with Crippen molar-refractivity contribution in [2.45, 2.75) is 71.3 Å². The Kier molecular flexibility index (Phi) is 3.54. The summed E-state index contributed by atoms with van der Waals surface area (Å²) >= 11 is 0. The van der Waals surface area contributed by atoms with Crippen LogP contribution in [0, 0.1) is 33.5 Å². The van der Waals surface area contributed by atoms with E-state index in [9.17, 15) is 24.9 Å². The molecule has 4 aliphatic carbocycles. The Morgan fingerprint density at radius 2 is 1.80 bits per heavy atom. The third kappa shape index (κ3) is 1.92. The molecule has 4 saturated carbocycles. The van der Waals surface area contributed by atoms with E-state index in [-0.39, 0.29) is 29.6 Å². The number of aliphatic hydroxyl groups is 2. The molecule has 25 heavy (non-hydrogen) atoms. The minimum atomic E-state index is -0.802. The van der Waals surface area contributed by atoms with Crippen molar-refractivity contribution < 1.29 is 24.9 Å². The van der Waals surface area contributed by atoms with Crippen molar-refractivity contribution >= 4 is 11.8 Å². The molecule has 2 unspecified atom stereocenters. The van der Waals surface area contributed by atoms with Gasteiger partial charge >= 0.3 is 5.97 Å². The van der Waals surface area contributed by atoms with Gasteiger partial charge in [-0.2, -0.15) is 0 Å². The zero-order valence-electron chi connectivity index (χ0n) is 15.3. The van der Waals surface area contributed by atoms with E-state index in [1.54, 1.807) is 0 Å². The molecule has 4 fully saturated rings. The zero-order valence-corrected chi connectivity index (χ0v) is 15.3. The molecule has 1 spiro atoms. The molecule has 4 rings (SSSR count). The van der Waals surface area contributed by atoms with E-state index in [4.69, 9.17) is 0 Å². The fraction of sp³-hybridized carbons (Fsp3) is 0.900. The normalized spacial score (nSPS) is 54.7. The number of hydrogen-bond donors (Lipinski definition) is 3. The van der Waals surface area contributed by atoms with Crippen LogP contribution in [-0.4, -0.2) is 39.8 Å². The molecule has 4 aliphatic rings. The van der Waals surface area contributed by atoms with Crippen LogP contribution in [0.15, 0.2) is 0 Å². The third-order valence-electron chi connectivity index (χ3n) is 9.09. The third-order valence-corrected chi connectivity index (χ3v) is 9.09. The first-order valence-corrected chi connectivity index (χ1v) is 9.70. The fourth-order valence-electron chi connectivity index (χ4n) is 7.72. The molecule has 0 aromatic carbocycles. The number of carboxylic acids is 1. The Morgan fingerprint density at radius 3 is 2.44 bits per heavy atom. The van der Waals surface area contributed by atoms with E-state index >= 15 is 0 Å². The highest BCUT2D eigenvalue weighted by atomic mass is 16.4. The van der Waals surface area contributed by atoms with Crippen LogP contribution in [0.25, 0.3) is 0 Å². The van der Waals surface area contributed by atoms with E-state index in [2.05, 4.69) is 6.92 Å². The first-order valence-electron chi connectivity index (χ1n) is 9.70. The van der Waals surface area contributed by atoms with E-state index in [0.29, 0.717) is 25.7 Å². The summed E-state index contributed by atoms with van der Waals surface area (Å²) < 4.78 is 0. The molecule has 0 amide bonds. The van der Waals surface area contributed by atoms with Crippen LogP contribution >= 0.6 is 0 Å². The lowest BCUT2D eigenvalue weighted by molar-refractivity contribution is -0.215. The monoisotopic (exact) mass is 350 g/mol. The van der Waals surface area contributed by atoms with Gasteiger partial charge in [-0.15, -0.1) is 0 Å². The lowest BCUT2D eigenvalue weighted by atomic mass is 9.39. The lowest BCUT2D eigenvalue weighted by Crippen LogP contribution is -2.63. The number of hydrogen-bond acceptors (Lipinski definition) is 4. The van der Waals surface area contributed by atoms with Crippen molar-refractivity contribution in [1.82, 2.24) is 0 Å². The minimum Gasteiger partial charge on any atom is -0.481 e. The number of rotatable bonds is 2. The predicted molar refractivity (Wildman–Crippen MR) is 90.7 cm³/mol. The molecule has 0 radical (unpaired) electrons. The molecule has 5 nitrogen and oxygen atoms in total. The van der Waals surface area contributed by atoms with Gasteiger partial charge in [0, 0.05) is 11.8 Å². The Hall–Kier alpha value is -0.940. The van der Waals surface area contributed by atoms with Crippen molar-refractivity contribution in [2.24, 2.45) is 33.5 Å². The molecule has 2 bridgehead atoms. The first-order chi connectivity index (χ1) is 11.6. The van der Waals surface area contributed by atoms with Crippen molar-refractivity contribution in [2.75, 3.05) is 6.61 Å². The number of carboxylic acid groups (broad SMARTS) is 1. The van der Waals surface area contributed by atoms with Crippen molar-refractivity contribution in [3.8, 4) is 0 Å². The number of aliphatic carboxylic acids is 1. The summed E-state index contributed by atoms with van der Waals surface area (Å²) in [6.07, 6.45) is 4.83. The van der Waals surface area contributed by atoms with Crippen LogP contribution < -0.4 is 0 Å². The molecule has 0 saturated heterocycles. The van der Waals surface area contributed by atoms with E-state index in [1.807, 2.05) is 6.92 Å². The topological polar surface area (TPSA) is 94.8 Å². The molecular weight excluding hydrogens is 320 g/mol. The highest BCUT2D eigenvalue weighted by Crippen LogP contribution is 2.72. The Morgan fingerprint density at radius 1 is 1.12 bits per heavy atom. The van der Waals surface area contributed by atoms with Crippen molar-refractivity contribution in [3.63, 3.8) is 0 Å². The molecular formula is C20H30O5. The summed E-state index contributed by atoms with van der Waals surface area (Å²) in [6.45, 7) is 3.86. The van der Waals surface area contributed by atoms with E-state index in [1.165, 1.54) is 0 Å². The summed E-state index contributed by atoms with van der Waals surface area (Å²) in [5, 5.41) is 30.8. The van der Waals surface area contributed by atoms with Gasteiger partial charge in [-0.05, 0) is 69.1 Å². The molecule has 5 heteroatoms. The number of carbonyl (C=O) groups is 2. The van der Waals surface area contributed by atoms with Crippen molar-refractivity contribution in [3.05, 3.63) is 0 Å². The quantitative estimate of drug-likeness (QED) is 0.711. The number of carbonyl (C=O) groups excluding carboxylic acids is 1. The lowest BCUT2D eigenvalue weighted by Gasteiger charge is -2.65. The van der Waals surface area contributed by atoms with Crippen LogP contribution in [0.1, 0.15) is 65.2 Å². The van der Waals surface area contributed by atoms with Gasteiger partial charge in [0.05, 0.1) is 23.5 Å². The van der Waals surface area contributed by atoms with Gasteiger partial charge in [0.1, 0.15) is 5.78 Å². The maximum absolute atomic E-state index is 12.7. The molecule has 0 aliphatic heterocycles. The van der Waals surface area contributed by atoms with Gasteiger partial charge in [0.2, 0.25) is 0 Å². The first kappa shape index (κ1) is 17.5. The zero-order chi connectivity index (χ0) is 18.3. The molecule has 3 N–H and O–H groups in total. The summed E-state index contributed by atoms with van der Waals surface area (Å²) in [5.41, 5.74) is -1.99. The maximum Gasteiger partial charge on any atom is 0.309 e. The molecule has 0 heterocycles. The second-order valence-corrected chi connectivity index (χ2v) is 9.90. The SMILES string of the molecule is C[C@]12C3CC[C@@]4(CO)C[C@]3(CCC1[C@](C)(C(=O)O)CC[C@@H]2O)CC4=O.